The van der Waals surface area contributed by atoms with Gasteiger partial charge in [-0.2, -0.15) is 11.8 Å². The van der Waals surface area contributed by atoms with Gasteiger partial charge in [-0.3, -0.25) is 4.79 Å². The highest BCUT2D eigenvalue weighted by Crippen LogP contribution is 2.09. The van der Waals surface area contributed by atoms with Crippen molar-refractivity contribution in [3.8, 4) is 0 Å². The van der Waals surface area contributed by atoms with Crippen molar-refractivity contribution in [1.82, 2.24) is 10.6 Å². The van der Waals surface area contributed by atoms with Crippen LogP contribution in [-0.4, -0.2) is 36.5 Å². The quantitative estimate of drug-likeness (QED) is 0.732. The van der Waals surface area contributed by atoms with E-state index in [4.69, 9.17) is 0 Å². The molecule has 0 aromatic heterocycles. The van der Waals surface area contributed by atoms with Crippen molar-refractivity contribution < 1.29 is 4.79 Å². The highest BCUT2D eigenvalue weighted by Gasteiger charge is 2.27. The molecule has 0 spiro atoms. The van der Waals surface area contributed by atoms with Gasteiger partial charge in [0, 0.05) is 12.3 Å². The molecule has 0 radical (unpaired) electrons. The smallest absolute Gasteiger partial charge is 0.237 e. The van der Waals surface area contributed by atoms with Crippen LogP contribution in [0.2, 0.25) is 0 Å². The first-order valence-corrected chi connectivity index (χ1v) is 6.55. The number of hydrogen-bond donors (Lipinski definition) is 2. The first-order valence-electron chi connectivity index (χ1n) is 5.16. The maximum atomic E-state index is 11.6. The van der Waals surface area contributed by atoms with E-state index in [9.17, 15) is 4.79 Å². The summed E-state index contributed by atoms with van der Waals surface area (Å²) < 4.78 is 0. The molecule has 2 N–H and O–H groups in total. The van der Waals surface area contributed by atoms with Gasteiger partial charge in [-0.15, -0.1) is 0 Å². The Labute approximate surface area is 90.4 Å². The lowest BCUT2D eigenvalue weighted by Gasteiger charge is -2.30. The summed E-state index contributed by atoms with van der Waals surface area (Å²) in [5, 5.41) is 6.36. The molecule has 0 aromatic rings. The predicted molar refractivity (Wildman–Crippen MR) is 61.6 cm³/mol. The SMILES string of the molecule is CSC[C@H]1CN[C@@H](CC(C)C)C(=O)N1. The summed E-state index contributed by atoms with van der Waals surface area (Å²) in [6, 6.07) is 0.328. The van der Waals surface area contributed by atoms with Crippen LogP contribution in [0.15, 0.2) is 0 Å². The van der Waals surface area contributed by atoms with Gasteiger partial charge in [0.15, 0.2) is 0 Å². The molecule has 0 bridgehead atoms. The summed E-state index contributed by atoms with van der Waals surface area (Å²) in [5.41, 5.74) is 0. The Hall–Kier alpha value is -0.220. The van der Waals surface area contributed by atoms with Gasteiger partial charge in [-0.05, 0) is 18.6 Å². The third-order valence-electron chi connectivity index (χ3n) is 2.35. The zero-order valence-electron chi connectivity index (χ0n) is 9.17. The highest BCUT2D eigenvalue weighted by atomic mass is 32.2. The van der Waals surface area contributed by atoms with Crippen LogP contribution in [0.25, 0.3) is 0 Å². The number of nitrogens with one attached hydrogen (secondary N) is 2. The molecule has 1 aliphatic heterocycles. The van der Waals surface area contributed by atoms with E-state index >= 15 is 0 Å². The van der Waals surface area contributed by atoms with Gasteiger partial charge in [0.1, 0.15) is 0 Å². The van der Waals surface area contributed by atoms with Gasteiger partial charge in [-0.1, -0.05) is 13.8 Å². The van der Waals surface area contributed by atoms with E-state index in [2.05, 4.69) is 30.7 Å². The molecule has 1 amide bonds. The zero-order valence-corrected chi connectivity index (χ0v) is 9.99. The Morgan fingerprint density at radius 3 is 2.79 bits per heavy atom. The van der Waals surface area contributed by atoms with Gasteiger partial charge in [0.25, 0.3) is 0 Å². The summed E-state index contributed by atoms with van der Waals surface area (Å²) >= 11 is 1.77. The fraction of sp³-hybridized carbons (Fsp3) is 0.900. The molecular formula is C10H20N2OS. The molecule has 14 heavy (non-hydrogen) atoms. The molecule has 82 valence electrons. The highest BCUT2D eigenvalue weighted by molar-refractivity contribution is 7.98. The molecule has 1 heterocycles. The van der Waals surface area contributed by atoms with Crippen molar-refractivity contribution in [3.63, 3.8) is 0 Å². The molecule has 1 fully saturated rings. The van der Waals surface area contributed by atoms with E-state index in [-0.39, 0.29) is 11.9 Å². The van der Waals surface area contributed by atoms with Crippen molar-refractivity contribution in [1.29, 1.82) is 0 Å². The first kappa shape index (κ1) is 11.9. The Bertz CT molecular complexity index is 197. The Kier molecular flexibility index (Phi) is 4.75. The lowest BCUT2D eigenvalue weighted by molar-refractivity contribution is -0.125. The van der Waals surface area contributed by atoms with Crippen LogP contribution in [0.3, 0.4) is 0 Å². The van der Waals surface area contributed by atoms with Crippen LogP contribution < -0.4 is 10.6 Å². The lowest BCUT2D eigenvalue weighted by Crippen LogP contribution is -2.59. The fourth-order valence-electron chi connectivity index (χ4n) is 1.69. The summed E-state index contributed by atoms with van der Waals surface area (Å²) in [4.78, 5) is 11.6. The van der Waals surface area contributed by atoms with Crippen LogP contribution in [0.1, 0.15) is 20.3 Å². The standard InChI is InChI=1S/C10H20N2OS/c1-7(2)4-9-10(13)12-8(5-11-9)6-14-3/h7-9,11H,4-6H2,1-3H3,(H,12,13)/t8-,9+/m1/s1. The van der Waals surface area contributed by atoms with Gasteiger partial charge < -0.3 is 10.6 Å². The summed E-state index contributed by atoms with van der Waals surface area (Å²) in [5.74, 6) is 1.73. The first-order chi connectivity index (χ1) is 6.63. The van der Waals surface area contributed by atoms with E-state index in [0.29, 0.717) is 12.0 Å². The topological polar surface area (TPSA) is 41.1 Å². The van der Waals surface area contributed by atoms with Crippen molar-refractivity contribution in [3.05, 3.63) is 0 Å². The third-order valence-corrected chi connectivity index (χ3v) is 3.08. The van der Waals surface area contributed by atoms with Crippen LogP contribution in [-0.2, 0) is 4.79 Å². The minimum absolute atomic E-state index is 0.0214. The summed E-state index contributed by atoms with van der Waals surface area (Å²) in [6.07, 6.45) is 2.99. The summed E-state index contributed by atoms with van der Waals surface area (Å²) in [7, 11) is 0. The van der Waals surface area contributed by atoms with Crippen molar-refractivity contribution in [2.24, 2.45) is 5.92 Å². The van der Waals surface area contributed by atoms with E-state index < -0.39 is 0 Å². The minimum atomic E-state index is 0.0214. The number of thioether (sulfide) groups is 1. The maximum Gasteiger partial charge on any atom is 0.237 e. The molecule has 2 atom stereocenters. The lowest BCUT2D eigenvalue weighted by atomic mass is 10.0. The molecule has 0 aromatic carbocycles. The molecule has 1 aliphatic rings. The Morgan fingerprint density at radius 2 is 2.29 bits per heavy atom. The molecule has 0 saturated carbocycles. The van der Waals surface area contributed by atoms with Crippen LogP contribution in [0.5, 0.6) is 0 Å². The second-order valence-electron chi connectivity index (χ2n) is 4.25. The monoisotopic (exact) mass is 216 g/mol. The molecule has 3 nitrogen and oxygen atoms in total. The Balaban J connectivity index is 2.36. The van der Waals surface area contributed by atoms with Gasteiger partial charge >= 0.3 is 0 Å². The average molecular weight is 216 g/mol. The average Bonchev–Trinajstić information content (AvgIpc) is 2.10. The fourth-order valence-corrected chi connectivity index (χ4v) is 2.30. The normalized spacial score (nSPS) is 27.9. The van der Waals surface area contributed by atoms with Gasteiger partial charge in [0.2, 0.25) is 5.91 Å². The second kappa shape index (κ2) is 5.61. The molecule has 1 rings (SSSR count). The number of piperazine rings is 1. The molecule has 0 aliphatic carbocycles. The van der Waals surface area contributed by atoms with Crippen LogP contribution in [0.4, 0.5) is 0 Å². The van der Waals surface area contributed by atoms with Crippen LogP contribution in [0, 0.1) is 5.92 Å². The number of carbonyl (C=O) groups is 1. The number of hydrogen-bond acceptors (Lipinski definition) is 3. The van der Waals surface area contributed by atoms with Gasteiger partial charge in [0.05, 0.1) is 12.1 Å². The minimum Gasteiger partial charge on any atom is -0.350 e. The van der Waals surface area contributed by atoms with E-state index in [1.807, 2.05) is 0 Å². The van der Waals surface area contributed by atoms with E-state index in [1.165, 1.54) is 0 Å². The maximum absolute atomic E-state index is 11.6. The third kappa shape index (κ3) is 3.50. The molecular weight excluding hydrogens is 196 g/mol. The second-order valence-corrected chi connectivity index (χ2v) is 5.16. The van der Waals surface area contributed by atoms with Crippen LogP contribution >= 0.6 is 11.8 Å². The molecule has 1 saturated heterocycles. The number of carbonyl (C=O) groups excluding carboxylic acids is 1. The Morgan fingerprint density at radius 1 is 1.57 bits per heavy atom. The van der Waals surface area contributed by atoms with Crippen molar-refractivity contribution in [2.75, 3.05) is 18.6 Å². The van der Waals surface area contributed by atoms with Gasteiger partial charge in [-0.25, -0.2) is 0 Å². The predicted octanol–water partition coefficient (Wildman–Crippen LogP) is 0.852. The number of amides is 1. The van der Waals surface area contributed by atoms with E-state index in [0.717, 1.165) is 18.7 Å². The number of rotatable bonds is 4. The van der Waals surface area contributed by atoms with E-state index in [1.54, 1.807) is 11.8 Å². The molecule has 0 unspecified atom stereocenters. The summed E-state index contributed by atoms with van der Waals surface area (Å²) in [6.45, 7) is 5.19. The van der Waals surface area contributed by atoms with Crippen molar-refractivity contribution >= 4 is 17.7 Å². The van der Waals surface area contributed by atoms with Crippen molar-refractivity contribution in [2.45, 2.75) is 32.4 Å². The largest absolute Gasteiger partial charge is 0.350 e. The molecule has 4 heteroatoms. The zero-order chi connectivity index (χ0) is 10.6.